The Morgan fingerprint density at radius 2 is 1.16 bits per heavy atom. The van der Waals surface area contributed by atoms with Crippen LogP contribution in [0.4, 0.5) is 0 Å². The van der Waals surface area contributed by atoms with Crippen molar-refractivity contribution in [2.45, 2.75) is 222 Å². The summed E-state index contributed by atoms with van der Waals surface area (Å²) in [5, 5.41) is 86.0. The summed E-state index contributed by atoms with van der Waals surface area (Å²) in [5.41, 5.74) is 0. The maximum absolute atomic E-state index is 13.0. The molecule has 14 heteroatoms. The van der Waals surface area contributed by atoms with Crippen LogP contribution in [-0.4, -0.2) is 140 Å². The number of ether oxygens (including phenoxy) is 4. The number of allylic oxidation sites excluding steroid dienone is 4. The van der Waals surface area contributed by atoms with Crippen LogP contribution in [0, 0.1) is 0 Å². The van der Waals surface area contributed by atoms with Crippen molar-refractivity contribution in [1.29, 1.82) is 0 Å². The normalized spacial score (nSPS) is 29.3. The van der Waals surface area contributed by atoms with E-state index < -0.39 is 86.8 Å². The minimum Gasteiger partial charge on any atom is -0.394 e. The van der Waals surface area contributed by atoms with E-state index >= 15 is 0 Å². The Hall–Kier alpha value is -1.53. The number of hydrogen-bond acceptors (Lipinski definition) is 13. The van der Waals surface area contributed by atoms with E-state index in [0.717, 1.165) is 64.2 Å². The average Bonchev–Trinajstić information content (AvgIpc) is 3.21. The molecule has 0 aromatic heterocycles. The Labute approximate surface area is 341 Å². The van der Waals surface area contributed by atoms with Gasteiger partial charge in [0.1, 0.15) is 48.8 Å². The van der Waals surface area contributed by atoms with Crippen molar-refractivity contribution < 1.29 is 64.6 Å². The van der Waals surface area contributed by atoms with Crippen molar-refractivity contribution in [2.24, 2.45) is 0 Å². The molecule has 2 rings (SSSR count). The number of aliphatic hydroxyl groups excluding tert-OH is 8. The van der Waals surface area contributed by atoms with E-state index in [1.807, 2.05) is 0 Å². The number of rotatable bonds is 32. The summed E-state index contributed by atoms with van der Waals surface area (Å²) in [5.74, 6) is -0.223. The standard InChI is InChI=1S/C43H79NO13/c1-3-5-7-9-10-11-12-13-14-15-16-17-18-19-20-21-22-23-25-27-35(48)44-31(32(47)26-24-8-6-4-2)30-54-42-40(53)38(51)41(34(29-46)56-42)57-43-39(52)37(50)36(49)33(28-45)55-43/h10-11,13-14,31-34,36-43,45-47,49-53H,3-9,12,15-30H2,1-2H3,(H,44,48)/b11-10-,14-13-. The highest BCUT2D eigenvalue weighted by molar-refractivity contribution is 5.76. The Kier molecular flexibility index (Phi) is 28.4. The van der Waals surface area contributed by atoms with Crippen LogP contribution in [0.25, 0.3) is 0 Å². The Bertz CT molecular complexity index is 1060. The summed E-state index contributed by atoms with van der Waals surface area (Å²) in [4.78, 5) is 13.0. The van der Waals surface area contributed by atoms with Crippen LogP contribution in [0.3, 0.4) is 0 Å². The van der Waals surface area contributed by atoms with Gasteiger partial charge < -0.3 is 65.1 Å². The molecular formula is C43H79NO13. The summed E-state index contributed by atoms with van der Waals surface area (Å²) in [7, 11) is 0. The zero-order chi connectivity index (χ0) is 41.8. The molecule has 0 saturated carbocycles. The van der Waals surface area contributed by atoms with Crippen LogP contribution in [0.5, 0.6) is 0 Å². The maximum Gasteiger partial charge on any atom is 0.220 e. The van der Waals surface area contributed by atoms with Crippen LogP contribution < -0.4 is 5.32 Å². The molecule has 0 aromatic rings. The molecular weight excluding hydrogens is 738 g/mol. The lowest BCUT2D eigenvalue weighted by Gasteiger charge is -2.46. The topological polar surface area (TPSA) is 228 Å². The molecule has 0 spiro atoms. The third-order valence-electron chi connectivity index (χ3n) is 10.9. The van der Waals surface area contributed by atoms with Crippen molar-refractivity contribution in [2.75, 3.05) is 19.8 Å². The zero-order valence-corrected chi connectivity index (χ0v) is 34.8. The molecule has 2 aliphatic heterocycles. The highest BCUT2D eigenvalue weighted by Gasteiger charge is 2.51. The largest absolute Gasteiger partial charge is 0.394 e. The monoisotopic (exact) mass is 818 g/mol. The first-order valence-corrected chi connectivity index (χ1v) is 22.1. The molecule has 0 aromatic carbocycles. The number of nitrogens with one attached hydrogen (secondary N) is 1. The molecule has 12 atom stereocenters. The predicted octanol–water partition coefficient (Wildman–Crippen LogP) is 3.82. The molecule has 2 heterocycles. The van der Waals surface area contributed by atoms with Gasteiger partial charge in [0, 0.05) is 6.42 Å². The molecule has 2 saturated heterocycles. The van der Waals surface area contributed by atoms with Crippen LogP contribution in [0.1, 0.15) is 149 Å². The van der Waals surface area contributed by atoms with Gasteiger partial charge in [0.15, 0.2) is 12.6 Å². The molecule has 0 radical (unpaired) electrons. The van der Waals surface area contributed by atoms with Crippen LogP contribution in [0.15, 0.2) is 24.3 Å². The number of carbonyl (C=O) groups excluding carboxylic acids is 1. The number of hydrogen-bond donors (Lipinski definition) is 9. The second kappa shape index (κ2) is 31.4. The van der Waals surface area contributed by atoms with E-state index in [1.165, 1.54) is 57.8 Å². The van der Waals surface area contributed by atoms with Gasteiger partial charge in [0.2, 0.25) is 5.91 Å². The van der Waals surface area contributed by atoms with E-state index in [4.69, 9.17) is 18.9 Å². The lowest BCUT2D eigenvalue weighted by Crippen LogP contribution is -2.65. The van der Waals surface area contributed by atoms with E-state index in [2.05, 4.69) is 43.5 Å². The van der Waals surface area contributed by atoms with Crippen molar-refractivity contribution in [1.82, 2.24) is 5.32 Å². The van der Waals surface area contributed by atoms with Gasteiger partial charge in [-0.3, -0.25) is 4.79 Å². The Morgan fingerprint density at radius 3 is 1.77 bits per heavy atom. The molecule has 0 aliphatic carbocycles. The fraction of sp³-hybridized carbons (Fsp3) is 0.884. The number of aliphatic hydroxyl groups is 8. The Balaban J connectivity index is 1.75. The van der Waals surface area contributed by atoms with Crippen LogP contribution in [-0.2, 0) is 23.7 Å². The summed E-state index contributed by atoms with van der Waals surface area (Å²) >= 11 is 0. The van der Waals surface area contributed by atoms with Gasteiger partial charge in [0.25, 0.3) is 0 Å². The summed E-state index contributed by atoms with van der Waals surface area (Å²) in [6, 6.07) is -0.824. The maximum atomic E-state index is 13.0. The SMILES string of the molecule is CCCCC/C=C\C/C=C\CCCCCCCCCCCC(=O)NC(COC1OC(CO)C(OC2OC(CO)C(O)C(O)C2O)C(O)C1O)C(O)CCCCCC. The lowest BCUT2D eigenvalue weighted by molar-refractivity contribution is -0.359. The summed E-state index contributed by atoms with van der Waals surface area (Å²) in [6.45, 7) is 2.66. The molecule has 1 amide bonds. The van der Waals surface area contributed by atoms with Crippen LogP contribution >= 0.6 is 0 Å². The third kappa shape index (κ3) is 20.1. The molecule has 9 N–H and O–H groups in total. The van der Waals surface area contributed by atoms with Crippen molar-refractivity contribution in [3.8, 4) is 0 Å². The van der Waals surface area contributed by atoms with Gasteiger partial charge in [-0.15, -0.1) is 0 Å². The molecule has 2 fully saturated rings. The molecule has 12 unspecified atom stereocenters. The van der Waals surface area contributed by atoms with Crippen molar-refractivity contribution in [3.63, 3.8) is 0 Å². The highest BCUT2D eigenvalue weighted by Crippen LogP contribution is 2.30. The first-order chi connectivity index (χ1) is 27.6. The van der Waals surface area contributed by atoms with Gasteiger partial charge in [-0.05, 0) is 44.9 Å². The molecule has 0 bridgehead atoms. The van der Waals surface area contributed by atoms with E-state index in [9.17, 15) is 45.6 Å². The van der Waals surface area contributed by atoms with Gasteiger partial charge >= 0.3 is 0 Å². The van der Waals surface area contributed by atoms with E-state index in [-0.39, 0.29) is 12.5 Å². The first-order valence-electron chi connectivity index (χ1n) is 22.1. The Morgan fingerprint density at radius 1 is 0.632 bits per heavy atom. The second-order valence-electron chi connectivity index (χ2n) is 15.8. The van der Waals surface area contributed by atoms with Crippen LogP contribution in [0.2, 0.25) is 0 Å². The average molecular weight is 818 g/mol. The number of unbranched alkanes of at least 4 members (excludes halogenated alkanes) is 15. The smallest absolute Gasteiger partial charge is 0.220 e. The van der Waals surface area contributed by atoms with Crippen molar-refractivity contribution >= 4 is 5.91 Å². The molecule has 2 aliphatic rings. The van der Waals surface area contributed by atoms with E-state index in [0.29, 0.717) is 12.8 Å². The van der Waals surface area contributed by atoms with Gasteiger partial charge in [-0.1, -0.05) is 122 Å². The van der Waals surface area contributed by atoms with Gasteiger partial charge in [0.05, 0.1) is 32.0 Å². The lowest BCUT2D eigenvalue weighted by atomic mass is 9.97. The zero-order valence-electron chi connectivity index (χ0n) is 34.8. The van der Waals surface area contributed by atoms with Gasteiger partial charge in [-0.25, -0.2) is 0 Å². The first kappa shape index (κ1) is 51.6. The predicted molar refractivity (Wildman–Crippen MR) is 217 cm³/mol. The summed E-state index contributed by atoms with van der Waals surface area (Å²) < 4.78 is 22.5. The number of carbonyl (C=O) groups is 1. The van der Waals surface area contributed by atoms with E-state index in [1.54, 1.807) is 0 Å². The molecule has 334 valence electrons. The fourth-order valence-electron chi connectivity index (χ4n) is 7.20. The number of amides is 1. The quantitative estimate of drug-likeness (QED) is 0.0348. The fourth-order valence-corrected chi connectivity index (χ4v) is 7.20. The minimum atomic E-state index is -1.78. The summed E-state index contributed by atoms with van der Waals surface area (Å²) in [6.07, 6.45) is 14.1. The molecule has 57 heavy (non-hydrogen) atoms. The second-order valence-corrected chi connectivity index (χ2v) is 15.8. The van der Waals surface area contributed by atoms with Gasteiger partial charge in [-0.2, -0.15) is 0 Å². The minimum absolute atomic E-state index is 0.223. The van der Waals surface area contributed by atoms with Crippen molar-refractivity contribution in [3.05, 3.63) is 24.3 Å². The third-order valence-corrected chi connectivity index (χ3v) is 10.9. The molecule has 14 nitrogen and oxygen atoms in total. The highest BCUT2D eigenvalue weighted by atomic mass is 16.7.